The quantitative estimate of drug-likeness (QED) is 0.440. The maximum absolute atomic E-state index is 11.6. The predicted molar refractivity (Wildman–Crippen MR) is 81.5 cm³/mol. The zero-order chi connectivity index (χ0) is 15.2. The van der Waals surface area contributed by atoms with Crippen molar-refractivity contribution in [2.24, 2.45) is 0 Å². The van der Waals surface area contributed by atoms with Crippen molar-refractivity contribution >= 4 is 11.9 Å². The molecular weight excluding hydrogens is 254 g/mol. The Morgan fingerprint density at radius 3 is 2.30 bits per heavy atom. The summed E-state index contributed by atoms with van der Waals surface area (Å²) in [6, 6.07) is 0. The molecule has 20 heavy (non-hydrogen) atoms. The van der Waals surface area contributed by atoms with Gasteiger partial charge in [-0.05, 0) is 25.7 Å². The third-order valence-corrected chi connectivity index (χ3v) is 3.23. The highest BCUT2D eigenvalue weighted by Crippen LogP contribution is 2.14. The van der Waals surface area contributed by atoms with E-state index >= 15 is 0 Å². The lowest BCUT2D eigenvalue weighted by Crippen LogP contribution is -2.26. The molecule has 0 aromatic heterocycles. The van der Waals surface area contributed by atoms with E-state index in [0.717, 1.165) is 19.3 Å². The standard InChI is InChI=1S/C16H31NO3/c1-4-6-7-8-9-10-15(20-14(3)18)11-12-16(19)17-13-5-2/h15H,4-13H2,1-3H3,(H,17,19). The van der Waals surface area contributed by atoms with Gasteiger partial charge in [-0.2, -0.15) is 0 Å². The molecule has 1 unspecified atom stereocenters. The first-order chi connectivity index (χ1) is 9.60. The van der Waals surface area contributed by atoms with Gasteiger partial charge in [-0.3, -0.25) is 9.59 Å². The third kappa shape index (κ3) is 12.0. The summed E-state index contributed by atoms with van der Waals surface area (Å²) in [4.78, 5) is 22.6. The van der Waals surface area contributed by atoms with Crippen molar-refractivity contribution in [3.63, 3.8) is 0 Å². The van der Waals surface area contributed by atoms with Gasteiger partial charge in [0, 0.05) is 19.9 Å². The largest absolute Gasteiger partial charge is 0.463 e. The van der Waals surface area contributed by atoms with Crippen LogP contribution in [0.1, 0.15) is 78.6 Å². The molecule has 0 aromatic rings. The molecule has 0 heterocycles. The van der Waals surface area contributed by atoms with Crippen molar-refractivity contribution in [3.8, 4) is 0 Å². The maximum Gasteiger partial charge on any atom is 0.302 e. The van der Waals surface area contributed by atoms with Gasteiger partial charge in [-0.15, -0.1) is 0 Å². The summed E-state index contributed by atoms with van der Waals surface area (Å²) in [6.45, 7) is 6.37. The number of carbonyl (C=O) groups excluding carboxylic acids is 2. The summed E-state index contributed by atoms with van der Waals surface area (Å²) >= 11 is 0. The van der Waals surface area contributed by atoms with E-state index in [0.29, 0.717) is 19.4 Å². The van der Waals surface area contributed by atoms with Gasteiger partial charge in [-0.25, -0.2) is 0 Å². The number of esters is 1. The van der Waals surface area contributed by atoms with Crippen molar-refractivity contribution in [2.75, 3.05) is 6.54 Å². The minimum atomic E-state index is -0.252. The molecular formula is C16H31NO3. The van der Waals surface area contributed by atoms with Crippen LogP contribution in [0.4, 0.5) is 0 Å². The summed E-state index contributed by atoms with van der Waals surface area (Å²) < 4.78 is 5.29. The molecule has 0 aliphatic rings. The number of unbranched alkanes of at least 4 members (excludes halogenated alkanes) is 4. The van der Waals surface area contributed by atoms with E-state index in [2.05, 4.69) is 12.2 Å². The molecule has 0 saturated heterocycles. The number of rotatable bonds is 12. The number of hydrogen-bond donors (Lipinski definition) is 1. The fourth-order valence-electron chi connectivity index (χ4n) is 2.12. The van der Waals surface area contributed by atoms with Gasteiger partial charge < -0.3 is 10.1 Å². The Bertz CT molecular complexity index is 266. The normalized spacial score (nSPS) is 11.9. The topological polar surface area (TPSA) is 55.4 Å². The van der Waals surface area contributed by atoms with Gasteiger partial charge in [0.1, 0.15) is 6.10 Å². The molecule has 0 spiro atoms. The summed E-state index contributed by atoms with van der Waals surface area (Å²) in [5.41, 5.74) is 0. The van der Waals surface area contributed by atoms with E-state index in [4.69, 9.17) is 4.74 Å². The lowest BCUT2D eigenvalue weighted by Gasteiger charge is -2.16. The molecule has 0 aliphatic carbocycles. The van der Waals surface area contributed by atoms with Crippen LogP contribution in [-0.4, -0.2) is 24.5 Å². The van der Waals surface area contributed by atoms with Crippen molar-refractivity contribution in [1.29, 1.82) is 0 Å². The number of hydrogen-bond acceptors (Lipinski definition) is 3. The van der Waals surface area contributed by atoms with Crippen LogP contribution in [0.3, 0.4) is 0 Å². The van der Waals surface area contributed by atoms with Crippen LogP contribution >= 0.6 is 0 Å². The van der Waals surface area contributed by atoms with Gasteiger partial charge in [0.2, 0.25) is 5.91 Å². The molecule has 0 bridgehead atoms. The van der Waals surface area contributed by atoms with Gasteiger partial charge >= 0.3 is 5.97 Å². The molecule has 0 aliphatic heterocycles. The summed E-state index contributed by atoms with van der Waals surface area (Å²) in [7, 11) is 0. The van der Waals surface area contributed by atoms with E-state index < -0.39 is 0 Å². The predicted octanol–water partition coefficient (Wildman–Crippen LogP) is 3.59. The third-order valence-electron chi connectivity index (χ3n) is 3.23. The highest BCUT2D eigenvalue weighted by molar-refractivity contribution is 5.75. The number of ether oxygens (including phenoxy) is 1. The second-order valence-electron chi connectivity index (χ2n) is 5.32. The van der Waals surface area contributed by atoms with Gasteiger partial charge in [0.15, 0.2) is 0 Å². The fraction of sp³-hybridized carbons (Fsp3) is 0.875. The summed E-state index contributed by atoms with van der Waals surface area (Å²) in [5, 5.41) is 2.85. The Kier molecular flexibility index (Phi) is 12.3. The first-order valence-corrected chi connectivity index (χ1v) is 8.04. The summed E-state index contributed by atoms with van der Waals surface area (Å²) in [6.07, 6.45) is 8.73. The Balaban J connectivity index is 3.89. The number of carbonyl (C=O) groups is 2. The molecule has 4 heteroatoms. The van der Waals surface area contributed by atoms with E-state index in [9.17, 15) is 9.59 Å². The summed E-state index contributed by atoms with van der Waals surface area (Å²) in [5.74, 6) is -0.201. The highest BCUT2D eigenvalue weighted by Gasteiger charge is 2.13. The van der Waals surface area contributed by atoms with Gasteiger partial charge in [0.25, 0.3) is 0 Å². The van der Waals surface area contributed by atoms with Gasteiger partial charge in [-0.1, -0.05) is 39.5 Å². The molecule has 0 aromatic carbocycles. The molecule has 0 saturated carbocycles. The lowest BCUT2D eigenvalue weighted by molar-refractivity contribution is -0.147. The fourth-order valence-corrected chi connectivity index (χ4v) is 2.12. The van der Waals surface area contributed by atoms with Gasteiger partial charge in [0.05, 0.1) is 0 Å². The minimum Gasteiger partial charge on any atom is -0.463 e. The van der Waals surface area contributed by atoms with Crippen LogP contribution in [0, 0.1) is 0 Å². The smallest absolute Gasteiger partial charge is 0.302 e. The number of amides is 1. The molecule has 1 amide bonds. The first-order valence-electron chi connectivity index (χ1n) is 8.04. The Morgan fingerprint density at radius 2 is 1.70 bits per heavy atom. The number of nitrogens with one attached hydrogen (secondary N) is 1. The van der Waals surface area contributed by atoms with Crippen LogP contribution in [0.5, 0.6) is 0 Å². The lowest BCUT2D eigenvalue weighted by atomic mass is 10.0. The zero-order valence-corrected chi connectivity index (χ0v) is 13.4. The van der Waals surface area contributed by atoms with Crippen LogP contribution in [0.15, 0.2) is 0 Å². The molecule has 0 rings (SSSR count). The average molecular weight is 285 g/mol. The maximum atomic E-state index is 11.6. The molecule has 0 fully saturated rings. The molecule has 118 valence electrons. The molecule has 1 N–H and O–H groups in total. The van der Waals surface area contributed by atoms with Crippen molar-refractivity contribution < 1.29 is 14.3 Å². The van der Waals surface area contributed by atoms with E-state index in [1.165, 1.54) is 32.6 Å². The Hall–Kier alpha value is -1.06. The molecule has 1 atom stereocenters. The van der Waals surface area contributed by atoms with E-state index in [1.807, 2.05) is 6.92 Å². The van der Waals surface area contributed by atoms with Crippen molar-refractivity contribution in [2.45, 2.75) is 84.7 Å². The zero-order valence-electron chi connectivity index (χ0n) is 13.4. The minimum absolute atomic E-state index is 0.0509. The Labute approximate surface area is 123 Å². The van der Waals surface area contributed by atoms with Crippen LogP contribution in [0.2, 0.25) is 0 Å². The SMILES string of the molecule is CCCCCCCC(CCC(=O)NCCC)OC(C)=O. The van der Waals surface area contributed by atoms with Crippen molar-refractivity contribution in [1.82, 2.24) is 5.32 Å². The second kappa shape index (κ2) is 12.9. The van der Waals surface area contributed by atoms with E-state index in [-0.39, 0.29) is 18.0 Å². The van der Waals surface area contributed by atoms with E-state index in [1.54, 1.807) is 0 Å². The first kappa shape index (κ1) is 18.9. The Morgan fingerprint density at radius 1 is 1.00 bits per heavy atom. The molecule has 0 radical (unpaired) electrons. The highest BCUT2D eigenvalue weighted by atomic mass is 16.5. The van der Waals surface area contributed by atoms with Crippen LogP contribution in [-0.2, 0) is 14.3 Å². The monoisotopic (exact) mass is 285 g/mol. The average Bonchev–Trinajstić information content (AvgIpc) is 2.41. The van der Waals surface area contributed by atoms with Crippen LogP contribution < -0.4 is 5.32 Å². The second-order valence-corrected chi connectivity index (χ2v) is 5.32. The van der Waals surface area contributed by atoms with Crippen LogP contribution in [0.25, 0.3) is 0 Å². The van der Waals surface area contributed by atoms with Crippen molar-refractivity contribution in [3.05, 3.63) is 0 Å². The molecule has 4 nitrogen and oxygen atoms in total.